The molecular formula is C24H31FN6O2. The number of methoxy groups -OCH3 is 1. The van der Waals surface area contributed by atoms with E-state index in [0.717, 1.165) is 48.3 Å². The second kappa shape index (κ2) is 9.23. The number of fused-ring (bicyclic) bond motifs is 1. The van der Waals surface area contributed by atoms with Gasteiger partial charge >= 0.3 is 0 Å². The molecule has 3 aromatic heterocycles. The van der Waals surface area contributed by atoms with E-state index in [-0.39, 0.29) is 5.88 Å². The number of rotatable bonds is 5. The van der Waals surface area contributed by atoms with Crippen LogP contribution in [0.15, 0.2) is 24.7 Å². The second-order valence-corrected chi connectivity index (χ2v) is 9.24. The number of ether oxygens (including phenoxy) is 2. The first-order valence-electron chi connectivity index (χ1n) is 11.7. The zero-order valence-corrected chi connectivity index (χ0v) is 19.4. The van der Waals surface area contributed by atoms with Crippen LogP contribution in [0, 0.1) is 11.7 Å². The molecule has 1 fully saturated rings. The molecular weight excluding hydrogens is 423 g/mol. The summed E-state index contributed by atoms with van der Waals surface area (Å²) in [4.78, 5) is 4.10. The summed E-state index contributed by atoms with van der Waals surface area (Å²) in [5.74, 6) is 0.0627. The predicted molar refractivity (Wildman–Crippen MR) is 122 cm³/mol. The van der Waals surface area contributed by atoms with Crippen LogP contribution in [0.2, 0.25) is 0 Å². The zero-order valence-electron chi connectivity index (χ0n) is 19.4. The summed E-state index contributed by atoms with van der Waals surface area (Å²) in [6.07, 6.45) is 9.32. The van der Waals surface area contributed by atoms with Gasteiger partial charge in [0.15, 0.2) is 5.82 Å². The normalized spacial score (nSPS) is 23.2. The summed E-state index contributed by atoms with van der Waals surface area (Å²) < 4.78 is 28.9. The van der Waals surface area contributed by atoms with Crippen molar-refractivity contribution in [1.82, 2.24) is 29.9 Å². The molecule has 1 saturated heterocycles. The third kappa shape index (κ3) is 4.52. The molecule has 33 heavy (non-hydrogen) atoms. The zero-order chi connectivity index (χ0) is 22.9. The molecule has 5 rings (SSSR count). The van der Waals surface area contributed by atoms with Gasteiger partial charge in [0.2, 0.25) is 5.88 Å². The molecule has 0 aromatic carbocycles. The lowest BCUT2D eigenvalue weighted by atomic mass is 9.89. The summed E-state index contributed by atoms with van der Waals surface area (Å²) >= 11 is 0. The maximum atomic E-state index is 14.4. The van der Waals surface area contributed by atoms with Crippen molar-refractivity contribution in [2.45, 2.75) is 58.2 Å². The highest BCUT2D eigenvalue weighted by atomic mass is 19.1. The Hall–Kier alpha value is -2.78. The fourth-order valence-corrected chi connectivity index (χ4v) is 5.29. The van der Waals surface area contributed by atoms with Gasteiger partial charge in [-0.15, -0.1) is 0 Å². The van der Waals surface area contributed by atoms with Crippen LogP contribution in [0.25, 0.3) is 16.9 Å². The van der Waals surface area contributed by atoms with Crippen LogP contribution in [0.5, 0.6) is 5.88 Å². The first-order chi connectivity index (χ1) is 16.0. The van der Waals surface area contributed by atoms with E-state index < -0.39 is 5.82 Å². The van der Waals surface area contributed by atoms with Crippen molar-refractivity contribution in [3.8, 4) is 22.8 Å². The second-order valence-electron chi connectivity index (χ2n) is 9.24. The van der Waals surface area contributed by atoms with E-state index in [9.17, 15) is 4.39 Å². The average Bonchev–Trinajstić information content (AvgIpc) is 3.29. The van der Waals surface area contributed by atoms with E-state index in [4.69, 9.17) is 14.6 Å². The van der Waals surface area contributed by atoms with Crippen molar-refractivity contribution >= 4 is 0 Å². The fourth-order valence-electron chi connectivity index (χ4n) is 5.29. The van der Waals surface area contributed by atoms with Gasteiger partial charge in [-0.2, -0.15) is 10.2 Å². The quantitative estimate of drug-likeness (QED) is 0.638. The minimum Gasteiger partial charge on any atom is -0.479 e. The SMILES string of the molecule is COc1ncc(-n2nc(-c3cnn(C[C@H]4C[C@@H](C)N[C@@H](C)C4)c3)c3c2CCOCC3)cc1F. The minimum absolute atomic E-state index is 0.0246. The molecule has 0 radical (unpaired) electrons. The lowest BCUT2D eigenvalue weighted by Gasteiger charge is -2.32. The molecule has 0 unspecified atom stereocenters. The lowest BCUT2D eigenvalue weighted by Crippen LogP contribution is -2.43. The molecule has 176 valence electrons. The first-order valence-corrected chi connectivity index (χ1v) is 11.7. The summed E-state index contributed by atoms with van der Waals surface area (Å²) in [6.45, 7) is 6.64. The van der Waals surface area contributed by atoms with E-state index in [1.807, 2.05) is 10.9 Å². The van der Waals surface area contributed by atoms with Gasteiger partial charge in [-0.3, -0.25) is 4.68 Å². The third-order valence-electron chi connectivity index (χ3n) is 6.60. The van der Waals surface area contributed by atoms with E-state index in [2.05, 4.69) is 35.4 Å². The molecule has 0 bridgehead atoms. The molecule has 0 saturated carbocycles. The van der Waals surface area contributed by atoms with Gasteiger partial charge in [-0.05, 0) is 39.0 Å². The van der Waals surface area contributed by atoms with Crippen LogP contribution < -0.4 is 10.1 Å². The van der Waals surface area contributed by atoms with Crippen LogP contribution in [-0.2, 0) is 24.1 Å². The van der Waals surface area contributed by atoms with Crippen LogP contribution in [0.1, 0.15) is 37.9 Å². The fraction of sp³-hybridized carbons (Fsp3) is 0.542. The third-order valence-corrected chi connectivity index (χ3v) is 6.60. The van der Waals surface area contributed by atoms with Crippen LogP contribution >= 0.6 is 0 Å². The number of pyridine rings is 1. The summed E-state index contributed by atoms with van der Waals surface area (Å²) in [5.41, 5.74) is 4.59. The Balaban J connectivity index is 1.47. The highest BCUT2D eigenvalue weighted by molar-refractivity contribution is 5.64. The Kier molecular flexibility index (Phi) is 6.16. The number of halogens is 1. The predicted octanol–water partition coefficient (Wildman–Crippen LogP) is 3.17. The minimum atomic E-state index is -0.510. The Morgan fingerprint density at radius 2 is 1.97 bits per heavy atom. The molecule has 5 heterocycles. The van der Waals surface area contributed by atoms with Crippen molar-refractivity contribution in [1.29, 1.82) is 0 Å². The van der Waals surface area contributed by atoms with Gasteiger partial charge in [0.25, 0.3) is 0 Å². The smallest absolute Gasteiger partial charge is 0.250 e. The number of nitrogens with one attached hydrogen (secondary N) is 1. The van der Waals surface area contributed by atoms with Crippen molar-refractivity contribution in [2.75, 3.05) is 20.3 Å². The molecule has 3 aromatic rings. The van der Waals surface area contributed by atoms with Gasteiger partial charge in [0, 0.05) is 48.4 Å². The average molecular weight is 455 g/mol. The Morgan fingerprint density at radius 1 is 1.18 bits per heavy atom. The van der Waals surface area contributed by atoms with Crippen molar-refractivity contribution < 1.29 is 13.9 Å². The molecule has 3 atom stereocenters. The molecule has 0 amide bonds. The summed E-state index contributed by atoms with van der Waals surface area (Å²) in [5, 5.41) is 13.2. The van der Waals surface area contributed by atoms with Gasteiger partial charge in [-0.1, -0.05) is 0 Å². The molecule has 1 N–H and O–H groups in total. The summed E-state index contributed by atoms with van der Waals surface area (Å²) in [6, 6.07) is 2.47. The van der Waals surface area contributed by atoms with E-state index in [1.165, 1.54) is 13.2 Å². The standard InChI is InChI=1S/C24H31FN6O2/c1-15-8-17(9-16(2)28-15)13-30-14-18(11-27-30)23-20-4-6-33-7-5-22(20)31(29-23)19-10-21(25)24(32-3)26-12-19/h10-12,14-17,28H,4-9,13H2,1-3H3/t15-,16+,17+. The number of piperidine rings is 1. The Morgan fingerprint density at radius 3 is 2.73 bits per heavy atom. The van der Waals surface area contributed by atoms with Crippen molar-refractivity contribution in [3.63, 3.8) is 0 Å². The molecule has 8 nitrogen and oxygen atoms in total. The number of hydrogen-bond donors (Lipinski definition) is 1. The molecule has 2 aliphatic heterocycles. The van der Waals surface area contributed by atoms with Gasteiger partial charge < -0.3 is 14.8 Å². The highest BCUT2D eigenvalue weighted by Gasteiger charge is 2.26. The highest BCUT2D eigenvalue weighted by Crippen LogP contribution is 2.31. The molecule has 2 aliphatic rings. The van der Waals surface area contributed by atoms with Gasteiger partial charge in [0.05, 0.1) is 49.8 Å². The topological polar surface area (TPSA) is 79.0 Å². The van der Waals surface area contributed by atoms with Gasteiger partial charge in [-0.25, -0.2) is 14.1 Å². The summed E-state index contributed by atoms with van der Waals surface area (Å²) in [7, 11) is 1.41. The van der Waals surface area contributed by atoms with Crippen molar-refractivity contribution in [2.24, 2.45) is 5.92 Å². The molecule has 0 spiro atoms. The van der Waals surface area contributed by atoms with E-state index in [0.29, 0.717) is 43.3 Å². The van der Waals surface area contributed by atoms with Crippen LogP contribution in [0.3, 0.4) is 0 Å². The van der Waals surface area contributed by atoms with Gasteiger partial charge in [0.1, 0.15) is 0 Å². The lowest BCUT2D eigenvalue weighted by molar-refractivity contribution is 0.145. The molecule has 9 heteroatoms. The largest absolute Gasteiger partial charge is 0.479 e. The number of aromatic nitrogens is 5. The first kappa shape index (κ1) is 22.0. The maximum absolute atomic E-state index is 14.4. The van der Waals surface area contributed by atoms with Crippen LogP contribution in [-0.4, -0.2) is 57.0 Å². The monoisotopic (exact) mass is 454 g/mol. The Bertz CT molecular complexity index is 1120. The Labute approximate surface area is 193 Å². The molecule has 0 aliphatic carbocycles. The number of hydrogen-bond acceptors (Lipinski definition) is 6. The number of nitrogens with zero attached hydrogens (tertiary/aromatic N) is 5. The maximum Gasteiger partial charge on any atom is 0.250 e. The van der Waals surface area contributed by atoms with E-state index in [1.54, 1.807) is 10.9 Å². The van der Waals surface area contributed by atoms with E-state index >= 15 is 0 Å². The van der Waals surface area contributed by atoms with Crippen LogP contribution in [0.4, 0.5) is 4.39 Å². The van der Waals surface area contributed by atoms with Crippen molar-refractivity contribution in [3.05, 3.63) is 41.7 Å².